The molecule has 6 nitrogen and oxygen atoms in total. The van der Waals surface area contributed by atoms with Gasteiger partial charge in [-0.25, -0.2) is 13.9 Å². The van der Waals surface area contributed by atoms with Gasteiger partial charge in [0.05, 0.1) is 0 Å². The number of nitrogens with zero attached hydrogens (tertiary/aromatic N) is 3. The highest BCUT2D eigenvalue weighted by atomic mass is 19.1. The molecule has 0 amide bonds. The van der Waals surface area contributed by atoms with Crippen molar-refractivity contribution in [3.05, 3.63) is 35.8 Å². The minimum absolute atomic E-state index is 0.0505. The highest BCUT2D eigenvalue weighted by molar-refractivity contribution is 5.92. The Hall–Kier alpha value is -2.28. The molecule has 1 aromatic carbocycles. The average molecular weight is 279 g/mol. The van der Waals surface area contributed by atoms with Crippen LogP contribution >= 0.6 is 0 Å². The van der Waals surface area contributed by atoms with E-state index < -0.39 is 11.8 Å². The van der Waals surface area contributed by atoms with E-state index in [1.54, 1.807) is 6.92 Å². The molecule has 2 rings (SSSR count). The largest absolute Gasteiger partial charge is 0.476 e. The summed E-state index contributed by atoms with van der Waals surface area (Å²) in [6, 6.07) is 5.43. The lowest BCUT2D eigenvalue weighted by Gasteiger charge is -2.11. The first-order chi connectivity index (χ1) is 9.52. The zero-order valence-corrected chi connectivity index (χ0v) is 10.8. The van der Waals surface area contributed by atoms with Gasteiger partial charge < -0.3 is 10.2 Å². The molecule has 2 aromatic rings. The van der Waals surface area contributed by atoms with Crippen LogP contribution in [-0.2, 0) is 6.54 Å². The quantitative estimate of drug-likeness (QED) is 0.864. The predicted octanol–water partition coefficient (Wildman–Crippen LogP) is 1.41. The number of rotatable bonds is 5. The van der Waals surface area contributed by atoms with Gasteiger partial charge >= 0.3 is 5.97 Å². The molecule has 1 heterocycles. The number of halogens is 1. The van der Waals surface area contributed by atoms with Gasteiger partial charge in [-0.05, 0) is 30.2 Å². The van der Waals surface area contributed by atoms with Crippen molar-refractivity contribution >= 4 is 5.97 Å². The third kappa shape index (κ3) is 2.83. The summed E-state index contributed by atoms with van der Waals surface area (Å²) in [5.41, 5.74) is 0.624. The first-order valence-electron chi connectivity index (χ1n) is 6.06. The summed E-state index contributed by atoms with van der Waals surface area (Å²) in [5.74, 6) is -1.71. The van der Waals surface area contributed by atoms with Crippen LogP contribution in [0, 0.1) is 11.7 Å². The Balaban J connectivity index is 2.49. The van der Waals surface area contributed by atoms with Crippen LogP contribution in [0.25, 0.3) is 11.3 Å². The van der Waals surface area contributed by atoms with Crippen molar-refractivity contribution in [2.24, 2.45) is 5.92 Å². The topological polar surface area (TPSA) is 88.2 Å². The second-order valence-electron chi connectivity index (χ2n) is 4.57. The van der Waals surface area contributed by atoms with Crippen LogP contribution in [0.3, 0.4) is 0 Å². The Morgan fingerprint density at radius 3 is 2.60 bits per heavy atom. The Morgan fingerprint density at radius 2 is 2.05 bits per heavy atom. The molecule has 0 bridgehead atoms. The molecule has 0 aliphatic heterocycles. The third-order valence-corrected chi connectivity index (χ3v) is 2.85. The summed E-state index contributed by atoms with van der Waals surface area (Å²) in [5, 5.41) is 25.7. The molecule has 1 atom stereocenters. The fourth-order valence-electron chi connectivity index (χ4n) is 1.83. The average Bonchev–Trinajstić information content (AvgIpc) is 2.83. The van der Waals surface area contributed by atoms with E-state index in [4.69, 9.17) is 10.2 Å². The lowest BCUT2D eigenvalue weighted by atomic mass is 10.1. The van der Waals surface area contributed by atoms with Gasteiger partial charge in [0.1, 0.15) is 11.5 Å². The molecule has 0 fully saturated rings. The maximum absolute atomic E-state index is 13.0. The lowest BCUT2D eigenvalue weighted by molar-refractivity contribution is 0.0691. The zero-order valence-electron chi connectivity index (χ0n) is 10.8. The molecule has 0 saturated heterocycles. The fourth-order valence-corrected chi connectivity index (χ4v) is 1.83. The highest BCUT2D eigenvalue weighted by Gasteiger charge is 2.21. The summed E-state index contributed by atoms with van der Waals surface area (Å²) in [4.78, 5) is 11.2. The standard InChI is InChI=1S/C13H14FN3O3/c1-8(7-18)6-17-12(11(13(19)20)15-16-17)9-2-4-10(14)5-3-9/h2-5,8,18H,6-7H2,1H3,(H,19,20). The number of aliphatic hydroxyl groups excluding tert-OH is 1. The summed E-state index contributed by atoms with van der Waals surface area (Å²) in [6.45, 7) is 2.07. The smallest absolute Gasteiger partial charge is 0.358 e. The maximum atomic E-state index is 13.0. The van der Waals surface area contributed by atoms with Gasteiger partial charge in [-0.3, -0.25) is 0 Å². The van der Waals surface area contributed by atoms with Crippen LogP contribution < -0.4 is 0 Å². The molecule has 7 heteroatoms. The van der Waals surface area contributed by atoms with Crippen LogP contribution in [0.15, 0.2) is 24.3 Å². The van der Waals surface area contributed by atoms with E-state index in [9.17, 15) is 9.18 Å². The zero-order chi connectivity index (χ0) is 14.7. The minimum atomic E-state index is -1.20. The van der Waals surface area contributed by atoms with E-state index >= 15 is 0 Å². The summed E-state index contributed by atoms with van der Waals surface area (Å²) < 4.78 is 14.4. The van der Waals surface area contributed by atoms with Gasteiger partial charge in [-0.1, -0.05) is 12.1 Å². The molecular formula is C13H14FN3O3. The summed E-state index contributed by atoms with van der Waals surface area (Å²) >= 11 is 0. The summed E-state index contributed by atoms with van der Waals surface area (Å²) in [7, 11) is 0. The SMILES string of the molecule is CC(CO)Cn1nnc(C(=O)O)c1-c1ccc(F)cc1. The maximum Gasteiger partial charge on any atom is 0.358 e. The van der Waals surface area contributed by atoms with Crippen molar-refractivity contribution in [2.45, 2.75) is 13.5 Å². The summed E-state index contributed by atoms with van der Waals surface area (Å²) in [6.07, 6.45) is 0. The van der Waals surface area contributed by atoms with E-state index in [0.717, 1.165) is 0 Å². The molecule has 0 radical (unpaired) electrons. The van der Waals surface area contributed by atoms with E-state index in [0.29, 0.717) is 17.8 Å². The number of aromatic nitrogens is 3. The molecular weight excluding hydrogens is 265 g/mol. The molecule has 0 spiro atoms. The van der Waals surface area contributed by atoms with Crippen molar-refractivity contribution in [1.29, 1.82) is 0 Å². The molecule has 2 N–H and O–H groups in total. The normalized spacial score (nSPS) is 12.3. The van der Waals surface area contributed by atoms with Crippen molar-refractivity contribution < 1.29 is 19.4 Å². The minimum Gasteiger partial charge on any atom is -0.476 e. The van der Waals surface area contributed by atoms with E-state index in [1.807, 2.05) is 0 Å². The van der Waals surface area contributed by atoms with E-state index in [2.05, 4.69) is 10.3 Å². The molecule has 0 aliphatic rings. The van der Waals surface area contributed by atoms with Crippen molar-refractivity contribution in [3.63, 3.8) is 0 Å². The second kappa shape index (κ2) is 5.79. The number of hydrogen-bond donors (Lipinski definition) is 2. The molecule has 106 valence electrons. The first-order valence-corrected chi connectivity index (χ1v) is 6.06. The van der Waals surface area contributed by atoms with Crippen LogP contribution in [-0.4, -0.2) is 37.8 Å². The molecule has 0 saturated carbocycles. The van der Waals surface area contributed by atoms with E-state index in [1.165, 1.54) is 28.9 Å². The number of aromatic carboxylic acids is 1. The highest BCUT2D eigenvalue weighted by Crippen LogP contribution is 2.23. The van der Waals surface area contributed by atoms with Crippen LogP contribution in [0.4, 0.5) is 4.39 Å². The number of carbonyl (C=O) groups is 1. The van der Waals surface area contributed by atoms with Gasteiger partial charge in [-0.15, -0.1) is 5.10 Å². The molecule has 1 aromatic heterocycles. The number of carboxylic acid groups (broad SMARTS) is 1. The second-order valence-corrected chi connectivity index (χ2v) is 4.57. The first kappa shape index (κ1) is 14.1. The number of benzene rings is 1. The lowest BCUT2D eigenvalue weighted by Crippen LogP contribution is -2.14. The Labute approximate surface area is 114 Å². The van der Waals surface area contributed by atoms with Gasteiger partial charge in [0.15, 0.2) is 5.69 Å². The van der Waals surface area contributed by atoms with Gasteiger partial charge in [0, 0.05) is 18.7 Å². The molecule has 20 heavy (non-hydrogen) atoms. The Morgan fingerprint density at radius 1 is 1.40 bits per heavy atom. The predicted molar refractivity (Wildman–Crippen MR) is 68.6 cm³/mol. The molecule has 0 aliphatic carbocycles. The monoisotopic (exact) mass is 279 g/mol. The Kier molecular flexibility index (Phi) is 4.09. The number of carboxylic acids is 1. The fraction of sp³-hybridized carbons (Fsp3) is 0.308. The third-order valence-electron chi connectivity index (χ3n) is 2.85. The van der Waals surface area contributed by atoms with Crippen molar-refractivity contribution in [1.82, 2.24) is 15.0 Å². The number of aliphatic hydroxyl groups is 1. The van der Waals surface area contributed by atoms with Crippen molar-refractivity contribution in [2.75, 3.05) is 6.61 Å². The van der Waals surface area contributed by atoms with Crippen LogP contribution in [0.2, 0.25) is 0 Å². The van der Waals surface area contributed by atoms with Crippen molar-refractivity contribution in [3.8, 4) is 11.3 Å². The van der Waals surface area contributed by atoms with Gasteiger partial charge in [-0.2, -0.15) is 0 Å². The Bertz CT molecular complexity index is 610. The van der Waals surface area contributed by atoms with Crippen LogP contribution in [0.1, 0.15) is 17.4 Å². The van der Waals surface area contributed by atoms with E-state index in [-0.39, 0.29) is 18.2 Å². The molecule has 1 unspecified atom stereocenters. The van der Waals surface area contributed by atoms with Gasteiger partial charge in [0.2, 0.25) is 0 Å². The number of hydrogen-bond acceptors (Lipinski definition) is 4. The van der Waals surface area contributed by atoms with Gasteiger partial charge in [0.25, 0.3) is 0 Å². The van der Waals surface area contributed by atoms with Crippen LogP contribution in [0.5, 0.6) is 0 Å².